The van der Waals surface area contributed by atoms with Crippen molar-refractivity contribution in [1.82, 2.24) is 16.0 Å². The van der Waals surface area contributed by atoms with Gasteiger partial charge in [0.05, 0.1) is 7.11 Å². The Hall–Kier alpha value is -3.79. The minimum Gasteiger partial charge on any atom is -0.490 e. The molecule has 44 heavy (non-hydrogen) atoms. The molecular formula is C33H50ClN3O7. The second kappa shape index (κ2) is 22.7. The van der Waals surface area contributed by atoms with Crippen molar-refractivity contribution >= 4 is 35.5 Å². The van der Waals surface area contributed by atoms with E-state index in [0.29, 0.717) is 24.3 Å². The van der Waals surface area contributed by atoms with Crippen LogP contribution in [0.25, 0.3) is 0 Å². The van der Waals surface area contributed by atoms with Gasteiger partial charge in [0.1, 0.15) is 18.2 Å². The van der Waals surface area contributed by atoms with Gasteiger partial charge < -0.3 is 30.2 Å². The smallest absolute Gasteiger partial charge is 0.407 e. The summed E-state index contributed by atoms with van der Waals surface area (Å²) in [5.74, 6) is -1.20. The number of carbonyl (C=O) groups is 4. The average molecular weight is 636 g/mol. The summed E-state index contributed by atoms with van der Waals surface area (Å²) in [7, 11) is 2.91. The summed E-state index contributed by atoms with van der Waals surface area (Å²) in [6.45, 7) is 13.3. The number of hydrogen-bond donors (Lipinski definition) is 3. The van der Waals surface area contributed by atoms with Crippen LogP contribution in [-0.4, -0.2) is 56.3 Å². The summed E-state index contributed by atoms with van der Waals surface area (Å²) in [4.78, 5) is 48.7. The molecule has 1 rings (SSSR count). The lowest BCUT2D eigenvalue weighted by molar-refractivity contribution is -0.151. The maximum atomic E-state index is 12.7. The fourth-order valence-corrected chi connectivity index (χ4v) is 3.94. The van der Waals surface area contributed by atoms with Crippen molar-refractivity contribution in [1.29, 1.82) is 0 Å². The second-order valence-corrected chi connectivity index (χ2v) is 10.7. The van der Waals surface area contributed by atoms with E-state index in [1.54, 1.807) is 37.3 Å². The molecule has 4 atom stereocenters. The van der Waals surface area contributed by atoms with E-state index < -0.39 is 30.1 Å². The SMILES string of the molecule is CC.CNC(=O)OC(C/C=C\NC(=O)C(NC(=O)\C=C/C=C\C(C)=C\C(C)C1CC=C(OC)C(=O)O1)C(C)C)C/C=C(\C)Cl. The van der Waals surface area contributed by atoms with Gasteiger partial charge in [-0.05, 0) is 32.0 Å². The van der Waals surface area contributed by atoms with E-state index in [0.717, 1.165) is 5.57 Å². The van der Waals surface area contributed by atoms with Crippen molar-refractivity contribution in [3.8, 4) is 0 Å². The van der Waals surface area contributed by atoms with E-state index in [1.807, 2.05) is 53.7 Å². The molecule has 0 aromatic carbocycles. The topological polar surface area (TPSA) is 132 Å². The molecule has 0 aromatic rings. The third kappa shape index (κ3) is 16.7. The molecule has 1 aliphatic rings. The number of halogens is 1. The van der Waals surface area contributed by atoms with E-state index in [4.69, 9.17) is 25.8 Å². The summed E-state index contributed by atoms with van der Waals surface area (Å²) in [5.41, 5.74) is 0.938. The van der Waals surface area contributed by atoms with Crippen LogP contribution in [0.3, 0.4) is 0 Å². The molecule has 0 bridgehead atoms. The molecule has 0 saturated heterocycles. The van der Waals surface area contributed by atoms with Crippen LogP contribution >= 0.6 is 11.6 Å². The molecule has 0 aliphatic carbocycles. The van der Waals surface area contributed by atoms with Crippen LogP contribution in [0.5, 0.6) is 0 Å². The van der Waals surface area contributed by atoms with Crippen LogP contribution in [0.4, 0.5) is 4.79 Å². The van der Waals surface area contributed by atoms with Crippen LogP contribution in [0.1, 0.15) is 67.7 Å². The highest BCUT2D eigenvalue weighted by Crippen LogP contribution is 2.22. The normalized spacial score (nSPS) is 17.8. The summed E-state index contributed by atoms with van der Waals surface area (Å²) < 4.78 is 15.7. The van der Waals surface area contributed by atoms with Gasteiger partial charge in [0, 0.05) is 43.3 Å². The fourth-order valence-electron chi connectivity index (χ4n) is 3.85. The number of alkyl carbamates (subject to hydrolysis) is 1. The number of cyclic esters (lactones) is 1. The van der Waals surface area contributed by atoms with Gasteiger partial charge in [0.25, 0.3) is 0 Å². The Kier molecular flexibility index (Phi) is 20.8. The molecule has 0 aromatic heterocycles. The van der Waals surface area contributed by atoms with Crippen LogP contribution in [-0.2, 0) is 28.6 Å². The Morgan fingerprint density at radius 1 is 1.11 bits per heavy atom. The van der Waals surface area contributed by atoms with Gasteiger partial charge in [-0.15, -0.1) is 0 Å². The monoisotopic (exact) mass is 635 g/mol. The van der Waals surface area contributed by atoms with Crippen LogP contribution in [0, 0.1) is 11.8 Å². The quantitative estimate of drug-likeness (QED) is 0.115. The van der Waals surface area contributed by atoms with Gasteiger partial charge in [-0.2, -0.15) is 0 Å². The molecule has 1 aliphatic heterocycles. The Balaban J connectivity index is 0.00000904. The van der Waals surface area contributed by atoms with Gasteiger partial charge in [0.15, 0.2) is 5.76 Å². The highest BCUT2D eigenvalue weighted by Gasteiger charge is 2.27. The summed E-state index contributed by atoms with van der Waals surface area (Å²) in [6.07, 6.45) is 15.2. The lowest BCUT2D eigenvalue weighted by Crippen LogP contribution is -2.48. The molecule has 10 nitrogen and oxygen atoms in total. The number of carbonyl (C=O) groups excluding carboxylic acids is 4. The fraction of sp³-hybridized carbons (Fsp3) is 0.515. The first-order chi connectivity index (χ1) is 20.9. The zero-order valence-corrected chi connectivity index (χ0v) is 28.2. The molecule has 0 fully saturated rings. The van der Waals surface area contributed by atoms with Crippen molar-refractivity contribution in [3.05, 3.63) is 71.2 Å². The molecule has 4 unspecified atom stereocenters. The van der Waals surface area contributed by atoms with Crippen molar-refractivity contribution in [2.24, 2.45) is 11.8 Å². The van der Waals surface area contributed by atoms with E-state index in [2.05, 4.69) is 16.0 Å². The van der Waals surface area contributed by atoms with E-state index in [1.165, 1.54) is 26.4 Å². The molecule has 11 heteroatoms. The van der Waals surface area contributed by atoms with E-state index >= 15 is 0 Å². The summed E-state index contributed by atoms with van der Waals surface area (Å²) in [6, 6.07) is -0.760. The molecule has 3 N–H and O–H groups in total. The van der Waals surface area contributed by atoms with Crippen molar-refractivity contribution in [3.63, 3.8) is 0 Å². The predicted molar refractivity (Wildman–Crippen MR) is 174 cm³/mol. The molecule has 3 amide bonds. The first-order valence-electron chi connectivity index (χ1n) is 14.8. The van der Waals surface area contributed by atoms with Crippen LogP contribution in [0.15, 0.2) is 71.2 Å². The highest BCUT2D eigenvalue weighted by molar-refractivity contribution is 6.29. The van der Waals surface area contributed by atoms with E-state index in [9.17, 15) is 19.2 Å². The van der Waals surface area contributed by atoms with Gasteiger partial charge in [-0.3, -0.25) is 9.59 Å². The maximum absolute atomic E-state index is 12.7. The molecule has 0 spiro atoms. The Bertz CT molecular complexity index is 1120. The number of rotatable bonds is 15. The lowest BCUT2D eigenvalue weighted by atomic mass is 9.97. The van der Waals surface area contributed by atoms with Gasteiger partial charge in [0.2, 0.25) is 11.8 Å². The average Bonchev–Trinajstić information content (AvgIpc) is 2.99. The zero-order chi connectivity index (χ0) is 33.7. The highest BCUT2D eigenvalue weighted by atomic mass is 35.5. The number of esters is 1. The molecule has 0 radical (unpaired) electrons. The number of ether oxygens (including phenoxy) is 3. The Labute approximate surface area is 267 Å². The third-order valence-corrected chi connectivity index (χ3v) is 6.33. The first kappa shape index (κ1) is 40.2. The molecule has 246 valence electrons. The Morgan fingerprint density at radius 2 is 1.77 bits per heavy atom. The van der Waals surface area contributed by atoms with E-state index in [-0.39, 0.29) is 29.6 Å². The number of amides is 3. The first-order valence-corrected chi connectivity index (χ1v) is 15.2. The molecule has 0 saturated carbocycles. The van der Waals surface area contributed by atoms with Crippen LogP contribution in [0.2, 0.25) is 0 Å². The van der Waals surface area contributed by atoms with Crippen molar-refractivity contribution in [2.75, 3.05) is 14.2 Å². The second-order valence-electron chi connectivity index (χ2n) is 10.1. The lowest BCUT2D eigenvalue weighted by Gasteiger charge is -2.25. The number of nitrogens with one attached hydrogen (secondary N) is 3. The molecule has 1 heterocycles. The van der Waals surface area contributed by atoms with Gasteiger partial charge in [-0.1, -0.05) is 88.2 Å². The minimum atomic E-state index is -0.760. The largest absolute Gasteiger partial charge is 0.490 e. The maximum Gasteiger partial charge on any atom is 0.407 e. The van der Waals surface area contributed by atoms with Crippen molar-refractivity contribution in [2.45, 2.75) is 86.0 Å². The number of allylic oxidation sites excluding steroid dienone is 5. The zero-order valence-electron chi connectivity index (χ0n) is 27.4. The predicted octanol–water partition coefficient (Wildman–Crippen LogP) is 5.97. The van der Waals surface area contributed by atoms with Gasteiger partial charge >= 0.3 is 12.1 Å². The van der Waals surface area contributed by atoms with Crippen molar-refractivity contribution < 1.29 is 33.4 Å². The standard InChI is InChI=1S/C31H44ClN3O7.C2H6/c1-20(2)28(29(37)34-18-10-12-24(15-14-23(5)32)41-31(39)33-6)35-27(36)13-9-8-11-21(3)19-22(4)25-16-17-26(40-7)30(38)42-25;1-2/h8-11,13-14,17-20,22,24-25,28H,12,15-16H2,1-7H3,(H,33,39)(H,34,37)(H,35,36);1-2H3/b11-8-,13-9-,18-10-,21-19+,23-14+;. The van der Waals surface area contributed by atoms with Gasteiger partial charge in [-0.25, -0.2) is 9.59 Å². The Morgan fingerprint density at radius 3 is 2.34 bits per heavy atom. The summed E-state index contributed by atoms with van der Waals surface area (Å²) >= 11 is 5.88. The summed E-state index contributed by atoms with van der Waals surface area (Å²) in [5, 5.41) is 8.39. The van der Waals surface area contributed by atoms with Crippen LogP contribution < -0.4 is 16.0 Å². The minimum absolute atomic E-state index is 0.0131. The third-order valence-electron chi connectivity index (χ3n) is 6.17. The number of hydrogen-bond acceptors (Lipinski definition) is 7. The molecular weight excluding hydrogens is 586 g/mol. The number of methoxy groups -OCH3 is 1.